The Balaban J connectivity index is 0.693. The third kappa shape index (κ3) is 7.95. The number of nitrogens with zero attached hydrogens (tertiary/aromatic N) is 7. The predicted octanol–water partition coefficient (Wildman–Crippen LogP) is 6.00. The van der Waals surface area contributed by atoms with Crippen molar-refractivity contribution in [3.8, 4) is 17.1 Å². The van der Waals surface area contributed by atoms with Crippen LogP contribution >= 0.6 is 0 Å². The number of carbonyl (C=O) groups excluding carboxylic acids is 3. The maximum Gasteiger partial charge on any atom is 0.255 e. The van der Waals surface area contributed by atoms with E-state index in [0.717, 1.165) is 124 Å². The van der Waals surface area contributed by atoms with E-state index in [1.165, 1.54) is 4.90 Å². The molecule has 15 heteroatoms. The number of H-pyrrole nitrogens is 1. The average molecular weight is 834 g/mol. The minimum absolute atomic E-state index is 0.00429. The van der Waals surface area contributed by atoms with Crippen LogP contribution in [0.3, 0.4) is 0 Å². The summed E-state index contributed by atoms with van der Waals surface area (Å²) < 4.78 is 29.1. The van der Waals surface area contributed by atoms with Crippen molar-refractivity contribution >= 4 is 40.1 Å². The van der Waals surface area contributed by atoms with Crippen molar-refractivity contribution < 1.29 is 28.2 Å². The van der Waals surface area contributed by atoms with Gasteiger partial charge in [-0.05, 0) is 115 Å². The van der Waals surface area contributed by atoms with Crippen molar-refractivity contribution in [1.82, 2.24) is 35.3 Å². The number of fused-ring (bicyclic) bond motifs is 2. The number of anilines is 2. The fourth-order valence-corrected chi connectivity index (χ4v) is 10.3. The Morgan fingerprint density at radius 2 is 1.64 bits per heavy atom. The van der Waals surface area contributed by atoms with Crippen LogP contribution in [-0.2, 0) is 20.9 Å². The molecule has 2 unspecified atom stereocenters. The molecular weight excluding hydrogens is 778 g/mol. The third-order valence-electron chi connectivity index (χ3n) is 14.3. The molecule has 5 aliphatic heterocycles. The number of amides is 3. The normalized spacial score (nSPS) is 24.7. The number of aromatic amines is 1. The molecule has 4 saturated heterocycles. The smallest absolute Gasteiger partial charge is 0.255 e. The molecule has 10 rings (SSSR count). The van der Waals surface area contributed by atoms with Crippen LogP contribution in [0.4, 0.5) is 15.9 Å². The van der Waals surface area contributed by atoms with Gasteiger partial charge in [0.15, 0.2) is 5.82 Å². The molecule has 3 amide bonds. The van der Waals surface area contributed by atoms with E-state index in [9.17, 15) is 14.4 Å². The summed E-state index contributed by atoms with van der Waals surface area (Å²) in [5.41, 5.74) is 3.66. The molecule has 61 heavy (non-hydrogen) atoms. The van der Waals surface area contributed by atoms with Crippen molar-refractivity contribution in [3.05, 3.63) is 59.7 Å². The van der Waals surface area contributed by atoms with E-state index in [-0.39, 0.29) is 60.4 Å². The second-order valence-electron chi connectivity index (χ2n) is 19.0. The van der Waals surface area contributed by atoms with E-state index in [4.69, 9.17) is 9.47 Å². The second-order valence-corrected chi connectivity index (χ2v) is 19.0. The Bertz CT molecular complexity index is 2350. The summed E-state index contributed by atoms with van der Waals surface area (Å²) >= 11 is 0. The zero-order chi connectivity index (χ0) is 42.0. The zero-order valence-corrected chi connectivity index (χ0v) is 35.4. The largest absolute Gasteiger partial charge is 0.488 e. The summed E-state index contributed by atoms with van der Waals surface area (Å²) in [5.74, 6) is 0.711. The molecule has 0 bridgehead atoms. The minimum atomic E-state index is -0.761. The summed E-state index contributed by atoms with van der Waals surface area (Å²) in [6.07, 6.45) is 10.5. The van der Waals surface area contributed by atoms with Gasteiger partial charge < -0.3 is 24.2 Å². The van der Waals surface area contributed by atoms with Gasteiger partial charge in [-0.1, -0.05) is 0 Å². The number of hydrogen-bond donors (Lipinski definition) is 2. The highest BCUT2D eigenvalue weighted by Gasteiger charge is 2.43. The van der Waals surface area contributed by atoms with Gasteiger partial charge in [-0.3, -0.25) is 29.7 Å². The summed E-state index contributed by atoms with van der Waals surface area (Å²) in [6.45, 7) is 12.1. The van der Waals surface area contributed by atoms with Crippen LogP contribution in [0.5, 0.6) is 5.75 Å². The minimum Gasteiger partial charge on any atom is -0.488 e. The molecule has 0 spiro atoms. The molecule has 2 aromatic heterocycles. The summed E-state index contributed by atoms with van der Waals surface area (Å²) in [6, 6.07) is 10.8. The number of halogens is 1. The van der Waals surface area contributed by atoms with E-state index < -0.39 is 11.9 Å². The molecule has 1 saturated carbocycles. The molecule has 2 N–H and O–H groups in total. The zero-order valence-electron chi connectivity index (χ0n) is 35.4. The molecule has 14 nitrogen and oxygen atoms in total. The molecule has 322 valence electrons. The number of carbonyl (C=O) groups is 3. The van der Waals surface area contributed by atoms with Gasteiger partial charge in [0.05, 0.1) is 35.7 Å². The van der Waals surface area contributed by atoms with Crippen molar-refractivity contribution in [2.24, 2.45) is 5.92 Å². The van der Waals surface area contributed by atoms with Gasteiger partial charge in [0, 0.05) is 73.8 Å². The molecule has 2 aromatic carbocycles. The highest BCUT2D eigenvalue weighted by Crippen LogP contribution is 2.41. The lowest BCUT2D eigenvalue weighted by molar-refractivity contribution is -0.136. The van der Waals surface area contributed by atoms with Gasteiger partial charge in [0.1, 0.15) is 35.2 Å². The number of likely N-dealkylation sites (tertiary alicyclic amines) is 1. The molecule has 1 aliphatic carbocycles. The number of aromatic nitrogens is 4. The lowest BCUT2D eigenvalue weighted by Crippen LogP contribution is -2.54. The van der Waals surface area contributed by atoms with Crippen LogP contribution in [0.15, 0.2) is 42.7 Å². The van der Waals surface area contributed by atoms with Gasteiger partial charge >= 0.3 is 0 Å². The van der Waals surface area contributed by atoms with Gasteiger partial charge in [-0.2, -0.15) is 5.10 Å². The van der Waals surface area contributed by atoms with Crippen molar-refractivity contribution in [3.63, 3.8) is 0 Å². The Morgan fingerprint density at radius 3 is 2.39 bits per heavy atom. The van der Waals surface area contributed by atoms with Gasteiger partial charge in [-0.25, -0.2) is 14.4 Å². The first-order chi connectivity index (χ1) is 29.4. The Kier molecular flexibility index (Phi) is 10.2. The number of rotatable bonds is 10. The highest BCUT2D eigenvalue weighted by atomic mass is 19.1. The lowest BCUT2D eigenvalue weighted by Gasteiger charge is -2.48. The summed E-state index contributed by atoms with van der Waals surface area (Å²) in [7, 11) is 0. The fourth-order valence-electron chi connectivity index (χ4n) is 10.3. The first-order valence-corrected chi connectivity index (χ1v) is 22.3. The summed E-state index contributed by atoms with van der Waals surface area (Å²) in [5, 5.41) is 11.1. The molecule has 0 radical (unpaired) electrons. The van der Waals surface area contributed by atoms with Gasteiger partial charge in [0.25, 0.3) is 5.91 Å². The molecular formula is C46H56FN9O5. The number of piperidine rings is 4. The van der Waals surface area contributed by atoms with Crippen LogP contribution in [0.25, 0.3) is 22.3 Å². The monoisotopic (exact) mass is 833 g/mol. The van der Waals surface area contributed by atoms with E-state index in [1.807, 2.05) is 18.2 Å². The van der Waals surface area contributed by atoms with Crippen LogP contribution in [0.2, 0.25) is 0 Å². The maximum absolute atomic E-state index is 16.0. The number of imide groups is 1. The first-order valence-electron chi connectivity index (χ1n) is 22.3. The molecule has 5 fully saturated rings. The van der Waals surface area contributed by atoms with E-state index in [1.54, 1.807) is 18.5 Å². The molecule has 2 atom stereocenters. The fraction of sp³-hybridized carbons (Fsp3) is 0.565. The first kappa shape index (κ1) is 40.0. The van der Waals surface area contributed by atoms with Crippen molar-refractivity contribution in [2.45, 2.75) is 121 Å². The molecule has 6 aliphatic rings. The quantitative estimate of drug-likeness (QED) is 0.182. The van der Waals surface area contributed by atoms with E-state index >= 15 is 4.39 Å². The number of ether oxygens (including phenoxy) is 2. The average Bonchev–Trinajstić information content (AvgIpc) is 3.66. The summed E-state index contributed by atoms with van der Waals surface area (Å²) in [4.78, 5) is 55.1. The maximum atomic E-state index is 16.0. The molecule has 7 heterocycles. The number of hydrogen-bond acceptors (Lipinski definition) is 11. The van der Waals surface area contributed by atoms with Gasteiger partial charge in [0.2, 0.25) is 11.8 Å². The topological polar surface area (TPSA) is 149 Å². The highest BCUT2D eigenvalue weighted by molar-refractivity contribution is 6.05. The Hall–Kier alpha value is -5.15. The third-order valence-corrected chi connectivity index (χ3v) is 14.3. The number of benzene rings is 2. The SMILES string of the molecule is CC1(Oc2ccc3[nH]nc(-c4cc(N5CCC(OC6CCN(CC7CCN(c8ccc9c(c8F)CN(C8CCC(=O)NC8=O)C9=O)CC7)C(C)(C)C6)CC5)ncn4)c3c2)CC1. The second kappa shape index (κ2) is 15.6. The lowest BCUT2D eigenvalue weighted by atomic mass is 9.85. The van der Waals surface area contributed by atoms with Crippen molar-refractivity contribution in [1.29, 1.82) is 0 Å². The number of nitrogens with one attached hydrogen (secondary N) is 2. The van der Waals surface area contributed by atoms with Crippen LogP contribution in [0.1, 0.15) is 101 Å². The predicted molar refractivity (Wildman–Crippen MR) is 228 cm³/mol. The van der Waals surface area contributed by atoms with E-state index in [0.29, 0.717) is 22.7 Å². The van der Waals surface area contributed by atoms with E-state index in [2.05, 4.69) is 67.0 Å². The van der Waals surface area contributed by atoms with Gasteiger partial charge in [-0.15, -0.1) is 0 Å². The molecule has 4 aromatic rings. The van der Waals surface area contributed by atoms with Crippen LogP contribution < -0.4 is 19.9 Å². The Morgan fingerprint density at radius 1 is 0.869 bits per heavy atom. The van der Waals surface area contributed by atoms with Crippen LogP contribution in [0, 0.1) is 11.7 Å². The van der Waals surface area contributed by atoms with Crippen LogP contribution in [-0.4, -0.2) is 116 Å². The van der Waals surface area contributed by atoms with Crippen molar-refractivity contribution in [2.75, 3.05) is 49.1 Å². The Labute approximate surface area is 355 Å². The standard InChI is InChI=1S/C46H56FN9O5/c1-45(2)24-31(60-29-12-19-54(20-13-29)39-23-36(48-27-49-39)42-33-22-30(61-46(3)15-16-46)4-6-35(33)51-52-42)14-21-55(45)25-28-10-17-53(18-11-28)37-7-5-32-34(41(37)47)26-56(44(32)59)38-8-9-40(57)50-43(38)58/h4-7,22-23,27-29,31,38H,8-21,24-26H2,1-3H3,(H,51,52)(H,50,57,58).